The molecule has 0 radical (unpaired) electrons. The number of nitrogen functional groups attached to an aromatic ring is 4. The Morgan fingerprint density at radius 1 is 0.485 bits per heavy atom. The van der Waals surface area contributed by atoms with Gasteiger partial charge in [-0.05, 0) is 138 Å². The zero-order valence-electron chi connectivity index (χ0n) is 75.3. The number of hydrogen-bond donors (Lipinski definition) is 12. The molecule has 136 heavy (non-hydrogen) atoms. The highest BCUT2D eigenvalue weighted by atomic mass is 19.1. The molecular weight excluding hydrogens is 1740 g/mol. The van der Waals surface area contributed by atoms with Crippen LogP contribution in [0, 0.1) is 79.3 Å². The van der Waals surface area contributed by atoms with Gasteiger partial charge >= 0.3 is 0 Å². The molecule has 684 valence electrons. The molecule has 42 nitrogen and oxygen atoms in total. The molecule has 0 aliphatic heterocycles. The number of para-hydroxylation sites is 4. The lowest BCUT2D eigenvalue weighted by Crippen LogP contribution is -2.30. The van der Waals surface area contributed by atoms with E-state index in [1.807, 2.05) is 125 Å². The van der Waals surface area contributed by atoms with E-state index in [0.717, 1.165) is 46.8 Å². The Labute approximate surface area is 771 Å². The number of fused-ring (bicyclic) bond motifs is 5. The molecule has 19 rings (SSSR count). The number of aromatic nitrogens is 26. The first-order chi connectivity index (χ1) is 65.5. The number of phenolic OH excluding ortho intramolecular Hbond substituents is 1. The number of imidazole rings is 1. The minimum absolute atomic E-state index is 0.0199. The van der Waals surface area contributed by atoms with Crippen molar-refractivity contribution >= 4 is 113 Å². The largest absolute Gasteiger partial charge is 0.505 e. The number of rotatable bonds is 19. The molecule has 18 aromatic rings. The quantitative estimate of drug-likeness (QED) is 0.0269. The zero-order valence-corrected chi connectivity index (χ0v) is 75.3. The first-order valence-corrected chi connectivity index (χ1v) is 42.3. The SMILES string of the molecule is CNc1c(C(C)=N)nc(Cn2cnc3c(N)ncnc32)n(-c2ccccc2C)c1=O.CNc1c(C(C)=N)nc(Cn2nc(-c3ccc(F)c(O)c3)c3c(N)ncnc32)n(-c2ccccc2C)c1=O.CNc1c(C(C)=N)nc(Cn2nc(C#CCO)c3c(N)ncnc32)n(-c2ccccc2C)c1=O.Cc1ccccc1-n1c(Cn2nc(C#CC3CC3)c3c(N)ncnc32)nc2cnn(C)c2c1=O. The number of halogens is 1. The van der Waals surface area contributed by atoms with Crippen LogP contribution in [0.5, 0.6) is 5.75 Å². The van der Waals surface area contributed by atoms with Crippen molar-refractivity contribution < 1.29 is 14.6 Å². The smallest absolute Gasteiger partial charge is 0.284 e. The summed E-state index contributed by atoms with van der Waals surface area (Å²) in [6.45, 7) is 12.5. The fourth-order valence-corrected chi connectivity index (χ4v) is 15.6. The highest BCUT2D eigenvalue weighted by Crippen LogP contribution is 2.35. The van der Waals surface area contributed by atoms with Crippen LogP contribution >= 0.6 is 0 Å². The molecule has 0 bridgehead atoms. The summed E-state index contributed by atoms with van der Waals surface area (Å²) < 4.78 is 28.0. The van der Waals surface area contributed by atoms with Gasteiger partial charge in [-0.15, -0.1) is 0 Å². The van der Waals surface area contributed by atoms with Gasteiger partial charge in [-0.1, -0.05) is 84.6 Å². The number of phenols is 1. The highest BCUT2D eigenvalue weighted by Gasteiger charge is 2.30. The predicted octanol–water partition coefficient (Wildman–Crippen LogP) is 8.04. The summed E-state index contributed by atoms with van der Waals surface area (Å²) in [5.74, 6) is 13.4. The first-order valence-electron chi connectivity index (χ1n) is 42.3. The summed E-state index contributed by atoms with van der Waals surface area (Å²) >= 11 is 0. The molecule has 0 atom stereocenters. The van der Waals surface area contributed by atoms with E-state index in [9.17, 15) is 28.7 Å². The summed E-state index contributed by atoms with van der Waals surface area (Å²) in [7, 11) is 6.62. The van der Waals surface area contributed by atoms with Crippen molar-refractivity contribution in [3.63, 3.8) is 0 Å². The number of hydrogen-bond acceptors (Lipinski definition) is 33. The fraction of sp³-hybridized carbons (Fsp3) is 0.204. The van der Waals surface area contributed by atoms with E-state index in [4.69, 9.17) is 59.3 Å². The summed E-state index contributed by atoms with van der Waals surface area (Å²) in [6.07, 6.45) is 10.8. The van der Waals surface area contributed by atoms with Crippen LogP contribution in [-0.4, -0.2) is 182 Å². The maximum atomic E-state index is 13.8. The molecule has 5 aromatic carbocycles. The number of anilines is 7. The third-order valence-electron chi connectivity index (χ3n) is 22.3. The van der Waals surface area contributed by atoms with Gasteiger partial charge in [0, 0.05) is 39.7 Å². The molecule has 0 amide bonds. The Hall–Kier alpha value is -18.3. The van der Waals surface area contributed by atoms with Crippen LogP contribution in [0.1, 0.15) is 108 Å². The topological polar surface area (TPSA) is 584 Å². The van der Waals surface area contributed by atoms with Crippen LogP contribution in [0.25, 0.3) is 89.3 Å². The Kier molecular flexibility index (Phi) is 25.5. The van der Waals surface area contributed by atoms with E-state index in [-0.39, 0.29) is 118 Å². The lowest BCUT2D eigenvalue weighted by Gasteiger charge is -2.18. The van der Waals surface area contributed by atoms with E-state index in [0.29, 0.717) is 136 Å². The fourth-order valence-electron chi connectivity index (χ4n) is 15.6. The molecule has 1 aliphatic rings. The van der Waals surface area contributed by atoms with Gasteiger partial charge in [0.25, 0.3) is 22.2 Å². The van der Waals surface area contributed by atoms with E-state index in [2.05, 4.69) is 110 Å². The summed E-state index contributed by atoms with van der Waals surface area (Å²) in [4.78, 5) is 111. The Morgan fingerprint density at radius 3 is 1.29 bits per heavy atom. The number of aromatic hydroxyl groups is 1. The van der Waals surface area contributed by atoms with Gasteiger partial charge in [-0.25, -0.2) is 83.2 Å². The van der Waals surface area contributed by atoms with Gasteiger partial charge in [0.15, 0.2) is 45.5 Å². The van der Waals surface area contributed by atoms with Gasteiger partial charge in [0.2, 0.25) is 0 Å². The molecule has 13 aromatic heterocycles. The minimum Gasteiger partial charge on any atom is -0.505 e. The number of nitrogens with zero attached hydrogens (tertiary/aromatic N) is 26. The number of aliphatic hydroxyl groups excluding tert-OH is 1. The van der Waals surface area contributed by atoms with Crippen molar-refractivity contribution in [3.05, 3.63) is 274 Å². The average Bonchev–Trinajstić information content (AvgIpc) is 1.34. The molecule has 13 heterocycles. The van der Waals surface area contributed by atoms with Crippen LogP contribution in [-0.2, 0) is 33.2 Å². The minimum atomic E-state index is -0.771. The highest BCUT2D eigenvalue weighted by molar-refractivity contribution is 6.02. The summed E-state index contributed by atoms with van der Waals surface area (Å²) in [5.41, 5.74) is 36.2. The van der Waals surface area contributed by atoms with E-state index >= 15 is 0 Å². The number of aryl methyl sites for hydroxylation is 5. The molecule has 1 saturated carbocycles. The van der Waals surface area contributed by atoms with Crippen molar-refractivity contribution in [1.82, 2.24) is 127 Å². The van der Waals surface area contributed by atoms with Crippen molar-refractivity contribution in [2.24, 2.45) is 13.0 Å². The monoisotopic (exact) mass is 1820 g/mol. The molecule has 0 unspecified atom stereocenters. The molecule has 1 fully saturated rings. The van der Waals surface area contributed by atoms with Crippen molar-refractivity contribution in [2.45, 2.75) is 87.5 Å². The van der Waals surface area contributed by atoms with Gasteiger partial charge in [-0.3, -0.25) is 42.1 Å². The lowest BCUT2D eigenvalue weighted by atomic mass is 10.1. The van der Waals surface area contributed by atoms with Crippen molar-refractivity contribution in [1.29, 1.82) is 16.2 Å². The Balaban J connectivity index is 0.000000132. The Bertz CT molecular complexity index is 8290. The lowest BCUT2D eigenvalue weighted by molar-refractivity contribution is 0.350. The molecule has 0 spiro atoms. The van der Waals surface area contributed by atoms with Gasteiger partial charge in [0.1, 0.15) is 155 Å². The van der Waals surface area contributed by atoms with Gasteiger partial charge in [0.05, 0.1) is 75.1 Å². The van der Waals surface area contributed by atoms with Crippen LogP contribution in [0.2, 0.25) is 0 Å². The number of aliphatic hydroxyl groups is 1. The van der Waals surface area contributed by atoms with E-state index < -0.39 is 11.6 Å². The van der Waals surface area contributed by atoms with Crippen LogP contribution < -0.4 is 61.1 Å². The maximum absolute atomic E-state index is 13.8. The van der Waals surface area contributed by atoms with E-state index in [1.54, 1.807) is 84.6 Å². The normalized spacial score (nSPS) is 11.6. The van der Waals surface area contributed by atoms with E-state index in [1.165, 1.54) is 55.9 Å². The molecule has 16 N–H and O–H groups in total. The number of benzene rings is 5. The molecule has 43 heteroatoms. The van der Waals surface area contributed by atoms with Crippen molar-refractivity contribution in [3.8, 4) is 63.4 Å². The average molecular weight is 1830 g/mol. The Morgan fingerprint density at radius 2 is 0.875 bits per heavy atom. The standard InChI is InChI=1S/C26H24FN9O2.C24H21N9O.C23H23N9O2.C20H21N9O/c1-13-6-4-5-7-17(13)36-19(33-21(14(2)28)23(30-3)26(36)38)11-35-25-20(24(29)31-12-32-25)22(34-35)15-8-9-16(27)18(37)10-15;1-14-5-3-4-6-18(14)33-19(29-17-11-28-31(2)21(17)24(33)34)12-32-23-20(22(25)26-13-27-23)16(30-32)10-9-15-7-8-15;1-13-7-4-5-9-16(13)32-17(29-19(14(2)24)20(26-3)23(32)34)11-31-22-18(21(25)27-12-28-22)15(30-31)8-6-10-33;1-11-6-4-5-7-13(11)29-14(27-15(12(2)21)16(23-3)20(29)30)8-28-10-26-17-18(22)24-9-25-19(17)28/h4-10,12,28,30,37H,11H2,1-3H3,(H2,29,31,32);3-6,11,13,15H,7-8,12H2,1-2H3,(H2,25,26,27);4-5,7,9,12,24,26,33H,10-11H2,1-3H3,(H2,25,27,28);4-7,9-10,21,23H,8H2,1-3H3,(H2,22,24,25). The van der Waals surface area contributed by atoms with Crippen LogP contribution in [0.15, 0.2) is 172 Å². The summed E-state index contributed by atoms with van der Waals surface area (Å²) in [5, 5.41) is 71.8. The zero-order chi connectivity index (χ0) is 96.4. The first kappa shape index (κ1) is 91.0. The summed E-state index contributed by atoms with van der Waals surface area (Å²) in [6, 6.07) is 34.0. The van der Waals surface area contributed by atoms with Gasteiger partial charge in [-0.2, -0.15) is 20.4 Å². The van der Waals surface area contributed by atoms with Gasteiger partial charge < -0.3 is 69.9 Å². The second kappa shape index (κ2) is 38.0. The van der Waals surface area contributed by atoms with Crippen LogP contribution in [0.3, 0.4) is 0 Å². The third-order valence-corrected chi connectivity index (χ3v) is 22.3. The van der Waals surface area contributed by atoms with Crippen LogP contribution in [0.4, 0.5) is 44.7 Å². The number of nitrogens with two attached hydrogens (primary N) is 4. The second-order valence-corrected chi connectivity index (χ2v) is 31.5. The maximum Gasteiger partial charge on any atom is 0.284 e. The number of nitrogens with one attached hydrogen (secondary N) is 6. The molecule has 1 aliphatic carbocycles. The second-order valence-electron chi connectivity index (χ2n) is 31.5. The predicted molar refractivity (Wildman–Crippen MR) is 515 cm³/mol. The molecule has 0 saturated heterocycles. The third kappa shape index (κ3) is 17.5. The molecular formula is C93H89FN36O6. The van der Waals surface area contributed by atoms with Crippen molar-refractivity contribution in [2.75, 3.05) is 66.6 Å².